The van der Waals surface area contributed by atoms with E-state index in [1.165, 1.54) is 53.5 Å². The molecule has 3 aromatic heterocycles. The van der Waals surface area contributed by atoms with Gasteiger partial charge in [-0.05, 0) is 10.8 Å². The predicted octanol–water partition coefficient (Wildman–Crippen LogP) is 11.0. The van der Waals surface area contributed by atoms with Crippen LogP contribution in [-0.2, 0) is 12.0 Å². The molecular weight excluding hydrogens is 705 g/mol. The molecule has 0 bridgehead atoms. The third kappa shape index (κ3) is 4.17. The van der Waals surface area contributed by atoms with Crippen LogP contribution in [0.1, 0.15) is 40.2 Å². The van der Waals surface area contributed by atoms with Crippen LogP contribution in [0, 0.1) is 5.41 Å². The van der Waals surface area contributed by atoms with E-state index in [2.05, 4.69) is 154 Å². The zero-order chi connectivity index (χ0) is 37.8. The summed E-state index contributed by atoms with van der Waals surface area (Å²) in [4.78, 5) is 0. The summed E-state index contributed by atoms with van der Waals surface area (Å²) in [5.41, 5.74) is 7.76. The van der Waals surface area contributed by atoms with E-state index in [4.69, 9.17) is 4.42 Å². The van der Waals surface area contributed by atoms with Crippen molar-refractivity contribution in [2.24, 2.45) is 5.41 Å². The summed E-state index contributed by atoms with van der Waals surface area (Å²) in [6.45, 7) is 5.95. The molecule has 0 amide bonds. The van der Waals surface area contributed by atoms with Gasteiger partial charge in [-0.25, -0.2) is 0 Å². The molecule has 0 aliphatic carbocycles. The summed E-state index contributed by atoms with van der Waals surface area (Å²) >= 11 is -2.29. The Morgan fingerprint density at radius 3 is 1.98 bits per heavy atom. The van der Waals surface area contributed by atoms with E-state index in [0.717, 1.165) is 38.8 Å². The van der Waals surface area contributed by atoms with E-state index < -0.39 is 30.7 Å². The normalized spacial score (nSPS) is 17.1. The standard InChI is InChI=1S/C49H42GeN2O/c1-48(2,3)28-30-23-24-51-44(25-30)46-42(49(51)41-18-12-11-17-37(41)43-22-19-31(29-52(43)49)50(4,5)6)21-20-36-40-26-38-34-15-9-7-13-32(34)33-14-8-10-16-35(33)39(38)27-45(40)53-47(36)46/h7-27,29H,28H2,1-6H3/q+2/i28D2. The molecule has 2 aliphatic rings. The number of benzene rings is 6. The Balaban J connectivity index is 1.30. The first-order valence-electron chi connectivity index (χ1n) is 19.8. The first-order valence-corrected chi connectivity index (χ1v) is 26.1. The molecule has 0 radical (unpaired) electrons. The van der Waals surface area contributed by atoms with Crippen molar-refractivity contribution < 1.29 is 16.3 Å². The third-order valence-corrected chi connectivity index (χ3v) is 16.0. The maximum atomic E-state index is 9.40. The van der Waals surface area contributed by atoms with Crippen LogP contribution in [0.3, 0.4) is 0 Å². The van der Waals surface area contributed by atoms with Gasteiger partial charge in [-0.3, -0.25) is 0 Å². The van der Waals surface area contributed by atoms with Crippen molar-refractivity contribution in [2.45, 2.75) is 50.1 Å². The first-order chi connectivity index (χ1) is 26.3. The number of fused-ring (bicyclic) bond motifs is 20. The fourth-order valence-corrected chi connectivity index (χ4v) is 11.8. The van der Waals surface area contributed by atoms with Crippen LogP contribution < -0.4 is 13.5 Å². The molecule has 9 aromatic rings. The van der Waals surface area contributed by atoms with E-state index in [1.807, 2.05) is 26.8 Å². The maximum absolute atomic E-state index is 9.40. The van der Waals surface area contributed by atoms with E-state index in [1.54, 1.807) is 0 Å². The second-order valence-electron chi connectivity index (χ2n) is 17.1. The van der Waals surface area contributed by atoms with Crippen LogP contribution in [0.2, 0.25) is 17.3 Å². The summed E-state index contributed by atoms with van der Waals surface area (Å²) in [5, 5.41) is 9.49. The number of nitrogens with zero attached hydrogens (tertiary/aromatic N) is 2. The summed E-state index contributed by atoms with van der Waals surface area (Å²) in [6, 6.07) is 44.2. The molecule has 2 aliphatic heterocycles. The van der Waals surface area contributed by atoms with Crippen LogP contribution >= 0.6 is 0 Å². The van der Waals surface area contributed by atoms with Gasteiger partial charge in [-0.2, -0.15) is 0 Å². The van der Waals surface area contributed by atoms with Gasteiger partial charge in [0.2, 0.25) is 0 Å². The topological polar surface area (TPSA) is 20.9 Å². The number of pyridine rings is 2. The number of hydrogen-bond donors (Lipinski definition) is 0. The molecule has 0 saturated heterocycles. The Morgan fingerprint density at radius 2 is 1.28 bits per heavy atom. The SMILES string of the molecule is [2H]C([2H])(c1cc[n+]2c(c1)-c1c(ccc3c1oc1cc4c5ccccc5c5ccccc5c4cc13)C21c2ccccc2-c2cc[c]([Ge]([CH3])([CH3])[CH3])c[n+]21)C(C)(C)C. The quantitative estimate of drug-likeness (QED) is 0.0980. The molecule has 256 valence electrons. The summed E-state index contributed by atoms with van der Waals surface area (Å²) in [6.07, 6.45) is 2.99. The fraction of sp³-hybridized carbons (Fsp3) is 0.184. The molecule has 5 heterocycles. The van der Waals surface area contributed by atoms with Gasteiger partial charge in [0, 0.05) is 0 Å². The van der Waals surface area contributed by atoms with E-state index >= 15 is 0 Å². The molecule has 11 rings (SSSR count). The van der Waals surface area contributed by atoms with Crippen molar-refractivity contribution in [2.75, 3.05) is 0 Å². The number of furan rings is 1. The molecule has 4 heteroatoms. The van der Waals surface area contributed by atoms with Crippen LogP contribution in [0.4, 0.5) is 0 Å². The number of aromatic nitrogens is 2. The summed E-state index contributed by atoms with van der Waals surface area (Å²) < 4.78 is 32.3. The second-order valence-corrected chi connectivity index (χ2v) is 27.8. The van der Waals surface area contributed by atoms with Crippen molar-refractivity contribution in [3.05, 3.63) is 150 Å². The summed E-state index contributed by atoms with van der Waals surface area (Å²) in [7, 11) is 0. The Bertz CT molecular complexity index is 3170. The van der Waals surface area contributed by atoms with Gasteiger partial charge in [-0.15, -0.1) is 0 Å². The van der Waals surface area contributed by atoms with Gasteiger partial charge in [0.05, 0.1) is 0 Å². The molecule has 0 fully saturated rings. The predicted molar refractivity (Wildman–Crippen MR) is 222 cm³/mol. The first kappa shape index (κ1) is 29.2. The summed E-state index contributed by atoms with van der Waals surface area (Å²) in [5.74, 6) is 7.36. The van der Waals surface area contributed by atoms with Crippen LogP contribution in [-0.4, -0.2) is 13.3 Å². The monoisotopic (exact) mass is 750 g/mol. The van der Waals surface area contributed by atoms with Crippen molar-refractivity contribution in [1.29, 1.82) is 0 Å². The Hall–Kier alpha value is -5.26. The molecular formula is C49H42GeN2O+2. The van der Waals surface area contributed by atoms with E-state index in [9.17, 15) is 2.74 Å². The molecule has 1 spiro atoms. The number of hydrogen-bond acceptors (Lipinski definition) is 1. The van der Waals surface area contributed by atoms with Crippen molar-refractivity contribution in [1.82, 2.24) is 0 Å². The molecule has 3 nitrogen and oxygen atoms in total. The van der Waals surface area contributed by atoms with Gasteiger partial charge in [0.1, 0.15) is 0 Å². The van der Waals surface area contributed by atoms with Crippen LogP contribution in [0.5, 0.6) is 0 Å². The van der Waals surface area contributed by atoms with Crippen molar-refractivity contribution >= 4 is 71.9 Å². The van der Waals surface area contributed by atoms with E-state index in [-0.39, 0.29) is 0 Å². The van der Waals surface area contributed by atoms with Gasteiger partial charge in [0.15, 0.2) is 0 Å². The van der Waals surface area contributed by atoms with Gasteiger partial charge >= 0.3 is 257 Å². The Labute approximate surface area is 315 Å². The second kappa shape index (κ2) is 10.5. The Kier molecular flexibility index (Phi) is 5.76. The van der Waals surface area contributed by atoms with Crippen LogP contribution in [0.15, 0.2) is 138 Å². The third-order valence-electron chi connectivity index (χ3n) is 11.7. The molecule has 1 unspecified atom stereocenters. The van der Waals surface area contributed by atoms with Crippen molar-refractivity contribution in [3.8, 4) is 22.5 Å². The molecule has 6 aromatic carbocycles. The van der Waals surface area contributed by atoms with Crippen molar-refractivity contribution in [3.63, 3.8) is 0 Å². The molecule has 1 atom stereocenters. The Morgan fingerprint density at radius 1 is 0.623 bits per heavy atom. The van der Waals surface area contributed by atoms with Gasteiger partial charge in [0.25, 0.3) is 0 Å². The minimum absolute atomic E-state index is 0.614. The van der Waals surface area contributed by atoms with E-state index in [0.29, 0.717) is 5.56 Å². The average molecular weight is 750 g/mol. The molecule has 0 N–H and O–H groups in total. The van der Waals surface area contributed by atoms with Crippen LogP contribution in [0.25, 0.3) is 76.8 Å². The average Bonchev–Trinajstić information content (AvgIpc) is 3.79. The zero-order valence-corrected chi connectivity index (χ0v) is 33.1. The fourth-order valence-electron chi connectivity index (χ4n) is 9.49. The molecule has 53 heavy (non-hydrogen) atoms. The zero-order valence-electron chi connectivity index (χ0n) is 33.0. The molecule has 0 saturated carbocycles. The van der Waals surface area contributed by atoms with Gasteiger partial charge in [-0.1, -0.05) is 48.5 Å². The number of rotatable bonds is 2. The minimum atomic E-state index is -2.29. The van der Waals surface area contributed by atoms with Gasteiger partial charge < -0.3 is 0 Å².